The summed E-state index contributed by atoms with van der Waals surface area (Å²) in [5, 5.41) is 0. The Morgan fingerprint density at radius 1 is 0.800 bits per heavy atom. The molecule has 0 unspecified atom stereocenters. The lowest BCUT2D eigenvalue weighted by Crippen LogP contribution is -2.02. The summed E-state index contributed by atoms with van der Waals surface area (Å²) in [6, 6.07) is 3.34. The molecule has 0 spiro atoms. The number of hydrogen-bond donors (Lipinski definition) is 0. The third-order valence-electron chi connectivity index (χ3n) is 1.84. The van der Waals surface area contributed by atoms with Crippen LogP contribution in [0.4, 0.5) is 26.3 Å². The summed E-state index contributed by atoms with van der Waals surface area (Å²) in [4.78, 5) is 0. The number of benzene rings is 1. The Balaban J connectivity index is 3.20. The highest BCUT2D eigenvalue weighted by molar-refractivity contribution is 5.49. The lowest BCUT2D eigenvalue weighted by Gasteiger charge is -2.02. The van der Waals surface area contributed by atoms with Crippen molar-refractivity contribution in [1.82, 2.24) is 0 Å². The van der Waals surface area contributed by atoms with Gasteiger partial charge >= 0.3 is 12.4 Å². The molecule has 0 atom stereocenters. The highest BCUT2D eigenvalue weighted by Gasteiger charge is 2.23. The van der Waals surface area contributed by atoms with Crippen LogP contribution in [-0.2, 0) is 0 Å². The molecule has 0 heterocycles. The molecule has 1 rings (SSSR count). The average Bonchev–Trinajstić information content (AvgIpc) is 2.32. The Morgan fingerprint density at radius 2 is 1.20 bits per heavy atom. The Kier molecular flexibility index (Phi) is 4.57. The van der Waals surface area contributed by atoms with E-state index in [1.165, 1.54) is 7.11 Å². The van der Waals surface area contributed by atoms with E-state index in [9.17, 15) is 26.3 Å². The first-order valence-corrected chi connectivity index (χ1v) is 4.98. The third kappa shape index (κ3) is 6.05. The fourth-order valence-electron chi connectivity index (χ4n) is 1.15. The number of hydrogen-bond acceptors (Lipinski definition) is 1. The van der Waals surface area contributed by atoms with E-state index in [0.717, 1.165) is 30.0 Å². The first-order valence-electron chi connectivity index (χ1n) is 4.98. The van der Waals surface area contributed by atoms with Gasteiger partial charge < -0.3 is 4.74 Å². The molecule has 1 aromatic carbocycles. The van der Waals surface area contributed by atoms with Crippen molar-refractivity contribution in [1.29, 1.82) is 0 Å². The van der Waals surface area contributed by atoms with Crippen LogP contribution < -0.4 is 4.74 Å². The first-order chi connectivity index (χ1) is 9.09. The molecule has 0 aromatic heterocycles. The van der Waals surface area contributed by atoms with E-state index < -0.39 is 12.4 Å². The summed E-state index contributed by atoms with van der Waals surface area (Å²) < 4.78 is 76.4. The predicted molar refractivity (Wildman–Crippen MR) is 58.9 cm³/mol. The van der Waals surface area contributed by atoms with Crippen molar-refractivity contribution in [2.24, 2.45) is 0 Å². The maximum absolute atomic E-state index is 11.9. The van der Waals surface area contributed by atoms with Gasteiger partial charge in [0.1, 0.15) is 5.75 Å². The summed E-state index contributed by atoms with van der Waals surface area (Å²) in [6.45, 7) is 0. The summed E-state index contributed by atoms with van der Waals surface area (Å²) in [6.07, 6.45) is -9.39. The van der Waals surface area contributed by atoms with Crippen LogP contribution in [0.2, 0.25) is 0 Å². The zero-order valence-corrected chi connectivity index (χ0v) is 9.91. The van der Waals surface area contributed by atoms with Crippen molar-refractivity contribution in [3.8, 4) is 29.4 Å². The Hall–Kier alpha value is -2.28. The molecule has 20 heavy (non-hydrogen) atoms. The van der Waals surface area contributed by atoms with E-state index in [1.807, 2.05) is 0 Å². The molecule has 0 aliphatic carbocycles. The lowest BCUT2D eigenvalue weighted by molar-refractivity contribution is -0.0706. The van der Waals surface area contributed by atoms with Crippen molar-refractivity contribution in [3.05, 3.63) is 29.3 Å². The number of ether oxygens (including phenoxy) is 1. The van der Waals surface area contributed by atoms with E-state index in [0.29, 0.717) is 0 Å². The fraction of sp³-hybridized carbons (Fsp3) is 0.231. The van der Waals surface area contributed by atoms with Gasteiger partial charge in [-0.25, -0.2) is 0 Å². The van der Waals surface area contributed by atoms with Gasteiger partial charge in [0.15, 0.2) is 0 Å². The van der Waals surface area contributed by atoms with Crippen LogP contribution in [0, 0.1) is 23.7 Å². The topological polar surface area (TPSA) is 9.23 Å². The van der Waals surface area contributed by atoms with Crippen LogP contribution in [0.5, 0.6) is 5.75 Å². The van der Waals surface area contributed by atoms with E-state index >= 15 is 0 Å². The molecule has 1 aromatic rings. The van der Waals surface area contributed by atoms with Crippen LogP contribution in [0.1, 0.15) is 11.1 Å². The van der Waals surface area contributed by atoms with Gasteiger partial charge in [0.2, 0.25) is 0 Å². The zero-order chi connectivity index (χ0) is 15.4. The van der Waals surface area contributed by atoms with E-state index in [4.69, 9.17) is 4.74 Å². The van der Waals surface area contributed by atoms with Crippen LogP contribution in [0.15, 0.2) is 18.2 Å². The minimum absolute atomic E-state index is 0.0606. The number of halogens is 6. The van der Waals surface area contributed by atoms with Gasteiger partial charge in [-0.1, -0.05) is 11.8 Å². The largest absolute Gasteiger partial charge is 0.497 e. The van der Waals surface area contributed by atoms with Crippen LogP contribution >= 0.6 is 0 Å². The van der Waals surface area contributed by atoms with Crippen molar-refractivity contribution in [2.75, 3.05) is 7.11 Å². The third-order valence-corrected chi connectivity index (χ3v) is 1.84. The maximum atomic E-state index is 11.9. The standard InChI is InChI=1S/C13H6F6O/c1-20-11-7-9(2-4-12(14,15)16)6-10(8-11)3-5-13(17,18)19/h6-8H,1H3. The normalized spacial score (nSPS) is 10.9. The Labute approximate surface area is 110 Å². The summed E-state index contributed by atoms with van der Waals surface area (Å²) in [5.41, 5.74) is -0.290. The van der Waals surface area contributed by atoms with Crippen molar-refractivity contribution >= 4 is 0 Å². The first kappa shape index (κ1) is 15.8. The van der Waals surface area contributed by atoms with Gasteiger partial charge in [-0.15, -0.1) is 0 Å². The Morgan fingerprint density at radius 3 is 1.50 bits per heavy atom. The summed E-state index contributed by atoms with van der Waals surface area (Å²) >= 11 is 0. The smallest absolute Gasteiger partial charge is 0.458 e. The van der Waals surface area contributed by atoms with Gasteiger partial charge in [-0.3, -0.25) is 0 Å². The molecule has 106 valence electrons. The van der Waals surface area contributed by atoms with Crippen molar-refractivity contribution in [3.63, 3.8) is 0 Å². The average molecular weight is 292 g/mol. The highest BCUT2D eigenvalue weighted by Crippen LogP contribution is 2.18. The lowest BCUT2D eigenvalue weighted by atomic mass is 10.1. The van der Waals surface area contributed by atoms with E-state index in [2.05, 4.69) is 0 Å². The fourth-order valence-corrected chi connectivity index (χ4v) is 1.15. The molecule has 0 bridgehead atoms. The minimum atomic E-state index is -4.69. The maximum Gasteiger partial charge on any atom is 0.458 e. The molecular formula is C13H6F6O. The molecule has 0 N–H and O–H groups in total. The summed E-state index contributed by atoms with van der Waals surface area (Å²) in [5.74, 6) is 5.67. The molecular weight excluding hydrogens is 286 g/mol. The Bertz CT molecular complexity index is 554. The number of rotatable bonds is 1. The van der Waals surface area contributed by atoms with Crippen LogP contribution in [0.3, 0.4) is 0 Å². The minimum Gasteiger partial charge on any atom is -0.497 e. The predicted octanol–water partition coefficient (Wildman–Crippen LogP) is 3.52. The van der Waals surface area contributed by atoms with Crippen LogP contribution in [-0.4, -0.2) is 19.5 Å². The van der Waals surface area contributed by atoms with Gasteiger partial charge in [0.05, 0.1) is 7.11 Å². The van der Waals surface area contributed by atoms with Crippen molar-refractivity contribution in [2.45, 2.75) is 12.4 Å². The molecule has 0 aliphatic rings. The van der Waals surface area contributed by atoms with E-state index in [1.54, 1.807) is 11.8 Å². The van der Waals surface area contributed by atoms with Gasteiger partial charge in [-0.2, -0.15) is 26.3 Å². The second-order valence-corrected chi connectivity index (χ2v) is 3.45. The quantitative estimate of drug-likeness (QED) is 0.568. The number of alkyl halides is 6. The second kappa shape index (κ2) is 5.79. The molecule has 0 radical (unpaired) electrons. The molecule has 0 amide bonds. The molecule has 7 heteroatoms. The van der Waals surface area contributed by atoms with E-state index in [-0.39, 0.29) is 16.9 Å². The highest BCUT2D eigenvalue weighted by atomic mass is 19.4. The SMILES string of the molecule is COc1cc(C#CC(F)(F)F)cc(C#CC(F)(F)F)c1. The van der Waals surface area contributed by atoms with Crippen molar-refractivity contribution < 1.29 is 31.1 Å². The van der Waals surface area contributed by atoms with Gasteiger partial charge in [0.25, 0.3) is 0 Å². The second-order valence-electron chi connectivity index (χ2n) is 3.45. The molecule has 1 nitrogen and oxygen atoms in total. The number of methoxy groups -OCH3 is 1. The van der Waals surface area contributed by atoms with Crippen LogP contribution in [0.25, 0.3) is 0 Å². The van der Waals surface area contributed by atoms with Gasteiger partial charge in [0, 0.05) is 23.0 Å². The molecule has 0 saturated heterocycles. The molecule has 0 fully saturated rings. The zero-order valence-electron chi connectivity index (χ0n) is 9.91. The summed E-state index contributed by atoms with van der Waals surface area (Å²) in [7, 11) is 1.22. The molecule has 0 aliphatic heterocycles. The monoisotopic (exact) mass is 292 g/mol. The molecule has 0 saturated carbocycles. The van der Waals surface area contributed by atoms with Gasteiger partial charge in [-0.05, 0) is 18.2 Å².